The fourth-order valence-corrected chi connectivity index (χ4v) is 4.12. The molecule has 1 saturated heterocycles. The zero-order chi connectivity index (χ0) is 15.5. The Labute approximate surface area is 140 Å². The first-order valence-corrected chi connectivity index (χ1v) is 9.90. The first-order chi connectivity index (χ1) is 10.2. The number of alkyl halides is 1. The molecule has 0 spiro atoms. The lowest BCUT2D eigenvalue weighted by atomic mass is 10.1. The van der Waals surface area contributed by atoms with Crippen molar-refractivity contribution < 1.29 is 5.11 Å². The van der Waals surface area contributed by atoms with Crippen molar-refractivity contribution in [2.24, 2.45) is 0 Å². The van der Waals surface area contributed by atoms with Gasteiger partial charge in [0.15, 0.2) is 0 Å². The number of hydrogen-bond donors (Lipinski definition) is 1. The molecule has 1 rings (SSSR count). The molecule has 2 atom stereocenters. The number of aliphatic hydroxyl groups is 1. The van der Waals surface area contributed by atoms with E-state index in [0.29, 0.717) is 11.1 Å². The Kier molecular flexibility index (Phi) is 11.0. The van der Waals surface area contributed by atoms with Gasteiger partial charge in [-0.3, -0.25) is 9.80 Å². The SMILES string of the molecule is CCCCCCCCC1N(CCO)CC(Br)N1CCCC. The predicted molar refractivity (Wildman–Crippen MR) is 94.8 cm³/mol. The van der Waals surface area contributed by atoms with Gasteiger partial charge in [0.05, 0.1) is 17.7 Å². The van der Waals surface area contributed by atoms with Crippen LogP contribution in [0.25, 0.3) is 0 Å². The molecule has 0 bridgehead atoms. The van der Waals surface area contributed by atoms with Crippen LogP contribution in [0.4, 0.5) is 0 Å². The fourth-order valence-electron chi connectivity index (χ4n) is 3.27. The van der Waals surface area contributed by atoms with Crippen LogP contribution in [0.1, 0.15) is 71.6 Å². The molecule has 0 aromatic rings. The van der Waals surface area contributed by atoms with Gasteiger partial charge < -0.3 is 5.11 Å². The van der Waals surface area contributed by atoms with Crippen molar-refractivity contribution in [3.63, 3.8) is 0 Å². The number of halogens is 1. The Morgan fingerprint density at radius 3 is 2.29 bits per heavy atom. The minimum absolute atomic E-state index is 0.272. The van der Waals surface area contributed by atoms with E-state index in [1.807, 2.05) is 0 Å². The zero-order valence-corrected chi connectivity index (χ0v) is 15.7. The largest absolute Gasteiger partial charge is 0.395 e. The highest BCUT2D eigenvalue weighted by atomic mass is 79.9. The summed E-state index contributed by atoms with van der Waals surface area (Å²) < 4.78 is 0. The monoisotopic (exact) mass is 362 g/mol. The molecule has 2 unspecified atom stereocenters. The summed E-state index contributed by atoms with van der Waals surface area (Å²) in [5, 5.41) is 9.29. The van der Waals surface area contributed by atoms with Crippen molar-refractivity contribution in [3.05, 3.63) is 0 Å². The van der Waals surface area contributed by atoms with Crippen LogP contribution in [0.2, 0.25) is 0 Å². The van der Waals surface area contributed by atoms with Crippen LogP contribution in [0.5, 0.6) is 0 Å². The number of unbranched alkanes of at least 4 members (excludes halogenated alkanes) is 6. The van der Waals surface area contributed by atoms with Gasteiger partial charge in [0, 0.05) is 19.6 Å². The van der Waals surface area contributed by atoms with E-state index in [4.69, 9.17) is 0 Å². The highest BCUT2D eigenvalue weighted by Crippen LogP contribution is 2.28. The average Bonchev–Trinajstić information content (AvgIpc) is 2.76. The molecule has 1 aliphatic heterocycles. The Morgan fingerprint density at radius 1 is 0.952 bits per heavy atom. The second-order valence-electron chi connectivity index (χ2n) is 6.28. The maximum Gasteiger partial charge on any atom is 0.0797 e. The molecule has 0 amide bonds. The van der Waals surface area contributed by atoms with Crippen molar-refractivity contribution in [2.45, 2.75) is 82.8 Å². The van der Waals surface area contributed by atoms with Crippen LogP contribution in [-0.2, 0) is 0 Å². The van der Waals surface area contributed by atoms with Crippen molar-refractivity contribution in [1.82, 2.24) is 9.80 Å². The predicted octanol–water partition coefficient (Wildman–Crippen LogP) is 4.19. The number of β-amino-alcohol motifs (C(OH)–C–C–N with tert-alkyl or cyclic N) is 1. The molecular weight excluding hydrogens is 328 g/mol. The summed E-state index contributed by atoms with van der Waals surface area (Å²) in [5.74, 6) is 0. The van der Waals surface area contributed by atoms with E-state index in [9.17, 15) is 5.11 Å². The lowest BCUT2D eigenvalue weighted by Gasteiger charge is -2.30. The third-order valence-corrected chi connectivity index (χ3v) is 5.34. The van der Waals surface area contributed by atoms with Gasteiger partial charge in [0.2, 0.25) is 0 Å². The lowest BCUT2D eigenvalue weighted by molar-refractivity contribution is 0.102. The first kappa shape index (κ1) is 19.4. The minimum atomic E-state index is 0.272. The molecule has 1 aliphatic rings. The zero-order valence-electron chi connectivity index (χ0n) is 14.1. The summed E-state index contributed by atoms with van der Waals surface area (Å²) >= 11 is 3.83. The third-order valence-electron chi connectivity index (χ3n) is 4.52. The highest BCUT2D eigenvalue weighted by Gasteiger charge is 2.36. The number of rotatable bonds is 12. The molecular formula is C17H35BrN2O. The van der Waals surface area contributed by atoms with Crippen LogP contribution in [0.15, 0.2) is 0 Å². The van der Waals surface area contributed by atoms with Crippen LogP contribution in [-0.4, -0.2) is 52.3 Å². The normalized spacial score (nSPS) is 24.0. The van der Waals surface area contributed by atoms with Gasteiger partial charge >= 0.3 is 0 Å². The molecule has 0 radical (unpaired) electrons. The number of aliphatic hydroxyl groups excluding tert-OH is 1. The lowest BCUT2D eigenvalue weighted by Crippen LogP contribution is -2.41. The summed E-state index contributed by atoms with van der Waals surface area (Å²) in [6.07, 6.45) is 12.4. The summed E-state index contributed by atoms with van der Waals surface area (Å²) in [7, 11) is 0. The van der Waals surface area contributed by atoms with Crippen LogP contribution in [0, 0.1) is 0 Å². The molecule has 0 aromatic carbocycles. The van der Waals surface area contributed by atoms with E-state index in [0.717, 1.165) is 13.1 Å². The van der Waals surface area contributed by atoms with Crippen LogP contribution < -0.4 is 0 Å². The molecule has 1 N–H and O–H groups in total. The van der Waals surface area contributed by atoms with Crippen LogP contribution in [0.3, 0.4) is 0 Å². The third kappa shape index (κ3) is 6.98. The average molecular weight is 363 g/mol. The van der Waals surface area contributed by atoms with Crippen LogP contribution >= 0.6 is 15.9 Å². The van der Waals surface area contributed by atoms with Gasteiger partial charge in [-0.2, -0.15) is 0 Å². The Bertz CT molecular complexity index is 253. The van der Waals surface area contributed by atoms with E-state index in [2.05, 4.69) is 39.6 Å². The molecule has 21 heavy (non-hydrogen) atoms. The smallest absolute Gasteiger partial charge is 0.0797 e. The first-order valence-electron chi connectivity index (χ1n) is 8.99. The van der Waals surface area contributed by atoms with Gasteiger partial charge in [-0.15, -0.1) is 0 Å². The van der Waals surface area contributed by atoms with E-state index >= 15 is 0 Å². The molecule has 0 aromatic heterocycles. The Balaban J connectivity index is 2.38. The van der Waals surface area contributed by atoms with E-state index in [-0.39, 0.29) is 6.61 Å². The van der Waals surface area contributed by atoms with Crippen molar-refractivity contribution in [1.29, 1.82) is 0 Å². The number of nitrogens with zero attached hydrogens (tertiary/aromatic N) is 2. The maximum absolute atomic E-state index is 9.29. The Hall–Kier alpha value is 0.360. The maximum atomic E-state index is 9.29. The van der Waals surface area contributed by atoms with Gasteiger partial charge in [-0.05, 0) is 12.8 Å². The minimum Gasteiger partial charge on any atom is -0.395 e. The number of hydrogen-bond acceptors (Lipinski definition) is 3. The van der Waals surface area contributed by atoms with Crippen molar-refractivity contribution in [2.75, 3.05) is 26.2 Å². The molecule has 0 saturated carbocycles. The molecule has 1 fully saturated rings. The van der Waals surface area contributed by atoms with Gasteiger partial charge in [-0.25, -0.2) is 0 Å². The topological polar surface area (TPSA) is 26.7 Å². The standard InChI is InChI=1S/C17H35BrN2O/c1-3-5-7-8-9-10-11-17-19(13-14-21)15-16(18)20(17)12-6-4-2/h16-17,21H,3-15H2,1-2H3. The Morgan fingerprint density at radius 2 is 1.62 bits per heavy atom. The molecule has 1 heterocycles. The second kappa shape index (κ2) is 11.9. The van der Waals surface area contributed by atoms with Crippen molar-refractivity contribution >= 4 is 15.9 Å². The summed E-state index contributed by atoms with van der Waals surface area (Å²) in [6.45, 7) is 7.83. The van der Waals surface area contributed by atoms with E-state index < -0.39 is 0 Å². The summed E-state index contributed by atoms with van der Waals surface area (Å²) in [4.78, 5) is 5.52. The van der Waals surface area contributed by atoms with Gasteiger partial charge in [-0.1, -0.05) is 74.7 Å². The summed E-state index contributed by atoms with van der Waals surface area (Å²) in [6, 6.07) is 0. The fraction of sp³-hybridized carbons (Fsp3) is 1.00. The van der Waals surface area contributed by atoms with Gasteiger partial charge in [0.25, 0.3) is 0 Å². The quantitative estimate of drug-likeness (QED) is 0.320. The molecule has 4 heteroatoms. The highest BCUT2D eigenvalue weighted by molar-refractivity contribution is 9.09. The molecule has 3 nitrogen and oxygen atoms in total. The van der Waals surface area contributed by atoms with E-state index in [1.54, 1.807) is 0 Å². The van der Waals surface area contributed by atoms with Gasteiger partial charge in [0.1, 0.15) is 0 Å². The summed E-state index contributed by atoms with van der Waals surface area (Å²) in [5.41, 5.74) is 0. The molecule has 126 valence electrons. The molecule has 0 aliphatic carbocycles. The second-order valence-corrected chi connectivity index (χ2v) is 7.34. The van der Waals surface area contributed by atoms with Crippen molar-refractivity contribution in [3.8, 4) is 0 Å². The van der Waals surface area contributed by atoms with E-state index in [1.165, 1.54) is 64.3 Å².